The van der Waals surface area contributed by atoms with Gasteiger partial charge in [-0.05, 0) is 25.8 Å². The average Bonchev–Trinajstić information content (AvgIpc) is 2.24. The first-order chi connectivity index (χ1) is 7.27. The lowest BCUT2D eigenvalue weighted by molar-refractivity contribution is -0.724. The topological polar surface area (TPSA) is 3.88 Å². The highest BCUT2D eigenvalue weighted by molar-refractivity contribution is 5.01. The molecule has 15 heavy (non-hydrogen) atoms. The van der Waals surface area contributed by atoms with Crippen LogP contribution in [0.3, 0.4) is 0 Å². The quantitative estimate of drug-likeness (QED) is 0.623. The number of hydrogen-bond donors (Lipinski definition) is 0. The predicted octanol–water partition coefficient (Wildman–Crippen LogP) is 3.81. The fourth-order valence-electron chi connectivity index (χ4n) is 2.06. The molecule has 0 N–H and O–H groups in total. The minimum absolute atomic E-state index is 0.704. The monoisotopic (exact) mass is 206 g/mol. The van der Waals surface area contributed by atoms with Crippen molar-refractivity contribution < 1.29 is 4.57 Å². The molecular weight excluding hydrogens is 182 g/mol. The van der Waals surface area contributed by atoms with Crippen LogP contribution in [0.2, 0.25) is 0 Å². The fourth-order valence-corrected chi connectivity index (χ4v) is 2.06. The van der Waals surface area contributed by atoms with Gasteiger partial charge >= 0.3 is 0 Å². The molecule has 0 saturated heterocycles. The maximum absolute atomic E-state index is 2.40. The molecule has 1 unspecified atom stereocenters. The van der Waals surface area contributed by atoms with Gasteiger partial charge in [-0.2, -0.15) is 0 Å². The molecule has 1 aromatic rings. The Morgan fingerprint density at radius 3 is 2.60 bits per heavy atom. The molecule has 0 aromatic carbocycles. The average molecular weight is 206 g/mol. The van der Waals surface area contributed by atoms with E-state index in [1.165, 1.54) is 37.7 Å². The highest BCUT2D eigenvalue weighted by Gasteiger charge is 2.16. The molecule has 0 amide bonds. The third-order valence-corrected chi connectivity index (χ3v) is 2.90. The molecule has 0 aliphatic carbocycles. The van der Waals surface area contributed by atoms with E-state index in [1.54, 1.807) is 0 Å². The first-order valence-electron chi connectivity index (χ1n) is 6.25. The van der Waals surface area contributed by atoms with E-state index in [1.807, 2.05) is 0 Å². The molecule has 0 saturated carbocycles. The van der Waals surface area contributed by atoms with Crippen LogP contribution < -0.4 is 4.57 Å². The molecule has 0 aliphatic heterocycles. The standard InChI is InChI=1S/C14H24N/c1-4-6-10-14(8-5-2)15-11-7-9-13(3)12-15/h7,9,11-12,14H,4-6,8,10H2,1-3H3/q+1. The van der Waals surface area contributed by atoms with Crippen molar-refractivity contribution >= 4 is 0 Å². The Labute approximate surface area is 94.1 Å². The van der Waals surface area contributed by atoms with E-state index in [9.17, 15) is 0 Å². The number of unbranched alkanes of at least 4 members (excludes halogenated alkanes) is 1. The van der Waals surface area contributed by atoms with E-state index in [2.05, 4.69) is 49.9 Å². The van der Waals surface area contributed by atoms with Crippen LogP contribution in [0.15, 0.2) is 24.5 Å². The van der Waals surface area contributed by atoms with Crippen LogP contribution in [0.25, 0.3) is 0 Å². The van der Waals surface area contributed by atoms with Gasteiger partial charge in [0.2, 0.25) is 0 Å². The summed E-state index contributed by atoms with van der Waals surface area (Å²) in [4.78, 5) is 0. The third kappa shape index (κ3) is 4.03. The van der Waals surface area contributed by atoms with Crippen LogP contribution >= 0.6 is 0 Å². The van der Waals surface area contributed by atoms with E-state index >= 15 is 0 Å². The van der Waals surface area contributed by atoms with Gasteiger partial charge in [0.25, 0.3) is 0 Å². The molecule has 1 nitrogen and oxygen atoms in total. The van der Waals surface area contributed by atoms with Gasteiger partial charge < -0.3 is 0 Å². The molecule has 1 aromatic heterocycles. The van der Waals surface area contributed by atoms with Gasteiger partial charge in [0.1, 0.15) is 0 Å². The third-order valence-electron chi connectivity index (χ3n) is 2.90. The first-order valence-corrected chi connectivity index (χ1v) is 6.25. The second-order valence-electron chi connectivity index (χ2n) is 4.41. The predicted molar refractivity (Wildman–Crippen MR) is 64.8 cm³/mol. The first kappa shape index (κ1) is 12.2. The second-order valence-corrected chi connectivity index (χ2v) is 4.41. The van der Waals surface area contributed by atoms with Crippen LogP contribution in [0.5, 0.6) is 0 Å². The Kier molecular flexibility index (Phi) is 5.38. The molecule has 1 heterocycles. The number of aromatic nitrogens is 1. The van der Waals surface area contributed by atoms with E-state index in [4.69, 9.17) is 0 Å². The molecular formula is C14H24N+. The number of aryl methyl sites for hydroxylation is 1. The lowest BCUT2D eigenvalue weighted by atomic mass is 10.0. The Hall–Kier alpha value is -0.850. The smallest absolute Gasteiger partial charge is 0.171 e. The summed E-state index contributed by atoms with van der Waals surface area (Å²) in [5, 5.41) is 0. The number of rotatable bonds is 6. The van der Waals surface area contributed by atoms with Gasteiger partial charge in [-0.1, -0.05) is 20.3 Å². The van der Waals surface area contributed by atoms with Gasteiger partial charge in [0.05, 0.1) is 0 Å². The van der Waals surface area contributed by atoms with Gasteiger partial charge in [-0.25, -0.2) is 4.57 Å². The van der Waals surface area contributed by atoms with E-state index in [0.29, 0.717) is 6.04 Å². The number of nitrogens with zero attached hydrogens (tertiary/aromatic N) is 1. The fraction of sp³-hybridized carbons (Fsp3) is 0.643. The van der Waals surface area contributed by atoms with Crippen molar-refractivity contribution in [1.82, 2.24) is 0 Å². The molecule has 0 fully saturated rings. The van der Waals surface area contributed by atoms with Crippen molar-refractivity contribution in [2.75, 3.05) is 0 Å². The van der Waals surface area contributed by atoms with Crippen molar-refractivity contribution in [3.05, 3.63) is 30.1 Å². The summed E-state index contributed by atoms with van der Waals surface area (Å²) in [6, 6.07) is 5.03. The van der Waals surface area contributed by atoms with Gasteiger partial charge in [-0.15, -0.1) is 0 Å². The van der Waals surface area contributed by atoms with Crippen molar-refractivity contribution in [3.8, 4) is 0 Å². The van der Waals surface area contributed by atoms with Gasteiger partial charge in [0.15, 0.2) is 18.4 Å². The van der Waals surface area contributed by atoms with Crippen molar-refractivity contribution in [2.24, 2.45) is 0 Å². The van der Waals surface area contributed by atoms with E-state index < -0.39 is 0 Å². The molecule has 0 radical (unpaired) electrons. The normalized spacial score (nSPS) is 12.7. The number of hydrogen-bond acceptors (Lipinski definition) is 0. The van der Waals surface area contributed by atoms with Crippen LogP contribution in [0, 0.1) is 6.92 Å². The maximum Gasteiger partial charge on any atom is 0.171 e. The van der Waals surface area contributed by atoms with Crippen LogP contribution in [-0.4, -0.2) is 0 Å². The molecule has 1 rings (SSSR count). The Morgan fingerprint density at radius 1 is 1.20 bits per heavy atom. The summed E-state index contributed by atoms with van der Waals surface area (Å²) in [5.41, 5.74) is 1.36. The SMILES string of the molecule is CCCCC(CCC)[n+]1cccc(C)c1. The van der Waals surface area contributed by atoms with Gasteiger partial charge in [-0.3, -0.25) is 0 Å². The molecule has 84 valence electrons. The Bertz CT molecular complexity index is 280. The summed E-state index contributed by atoms with van der Waals surface area (Å²) in [6.07, 6.45) is 11.0. The van der Waals surface area contributed by atoms with E-state index in [-0.39, 0.29) is 0 Å². The van der Waals surface area contributed by atoms with Crippen molar-refractivity contribution in [3.63, 3.8) is 0 Å². The zero-order valence-electron chi connectivity index (χ0n) is 10.4. The summed E-state index contributed by atoms with van der Waals surface area (Å²) in [6.45, 7) is 6.71. The number of pyridine rings is 1. The molecule has 1 atom stereocenters. The lowest BCUT2D eigenvalue weighted by Gasteiger charge is -2.11. The molecule has 0 bridgehead atoms. The van der Waals surface area contributed by atoms with Crippen LogP contribution in [0.1, 0.15) is 57.6 Å². The zero-order chi connectivity index (χ0) is 11.1. The summed E-state index contributed by atoms with van der Waals surface area (Å²) in [5.74, 6) is 0. The molecule has 0 aliphatic rings. The lowest BCUT2D eigenvalue weighted by Crippen LogP contribution is -2.39. The van der Waals surface area contributed by atoms with Gasteiger partial charge in [0, 0.05) is 24.5 Å². The maximum atomic E-state index is 2.40. The highest BCUT2D eigenvalue weighted by atomic mass is 15.0. The summed E-state index contributed by atoms with van der Waals surface area (Å²) < 4.78 is 2.40. The van der Waals surface area contributed by atoms with Crippen LogP contribution in [-0.2, 0) is 0 Å². The Balaban J connectivity index is 2.69. The second kappa shape index (κ2) is 6.60. The zero-order valence-corrected chi connectivity index (χ0v) is 10.4. The minimum atomic E-state index is 0.704. The summed E-state index contributed by atoms with van der Waals surface area (Å²) >= 11 is 0. The summed E-state index contributed by atoms with van der Waals surface area (Å²) in [7, 11) is 0. The molecule has 0 spiro atoms. The largest absolute Gasteiger partial charge is 0.202 e. The van der Waals surface area contributed by atoms with E-state index in [0.717, 1.165) is 0 Å². The molecule has 1 heteroatoms. The van der Waals surface area contributed by atoms with Crippen LogP contribution in [0.4, 0.5) is 0 Å². The Morgan fingerprint density at radius 2 is 2.00 bits per heavy atom. The van der Waals surface area contributed by atoms with Crippen molar-refractivity contribution in [1.29, 1.82) is 0 Å². The van der Waals surface area contributed by atoms with Crippen molar-refractivity contribution in [2.45, 2.75) is 58.9 Å². The highest BCUT2D eigenvalue weighted by Crippen LogP contribution is 2.14. The minimum Gasteiger partial charge on any atom is -0.202 e.